The van der Waals surface area contributed by atoms with E-state index < -0.39 is 21.8 Å². The van der Waals surface area contributed by atoms with E-state index in [1.165, 1.54) is 0 Å². The van der Waals surface area contributed by atoms with Gasteiger partial charge in [0.25, 0.3) is 0 Å². The molecular weight excluding hydrogens is 293 g/mol. The van der Waals surface area contributed by atoms with Gasteiger partial charge in [-0.3, -0.25) is 0 Å². The lowest BCUT2D eigenvalue weighted by molar-refractivity contribution is -0.137. The van der Waals surface area contributed by atoms with Gasteiger partial charge in [-0.25, -0.2) is 13.1 Å². The Labute approximate surface area is 116 Å². The molecule has 0 spiro atoms. The van der Waals surface area contributed by atoms with Crippen LogP contribution in [0.25, 0.3) is 0 Å². The fourth-order valence-corrected chi connectivity index (χ4v) is 2.64. The summed E-state index contributed by atoms with van der Waals surface area (Å²) in [5.41, 5.74) is -0.979. The normalized spacial score (nSPS) is 12.6. The van der Waals surface area contributed by atoms with Crippen LogP contribution in [0.4, 0.5) is 13.2 Å². The lowest BCUT2D eigenvalue weighted by atomic mass is 10.2. The molecule has 1 rings (SSSR count). The molecule has 0 aromatic heterocycles. The van der Waals surface area contributed by atoms with Crippen LogP contribution in [0.15, 0.2) is 29.2 Å². The molecule has 8 heteroatoms. The van der Waals surface area contributed by atoms with E-state index in [0.717, 1.165) is 24.7 Å². The summed E-state index contributed by atoms with van der Waals surface area (Å²) in [6.45, 7) is 3.51. The first-order valence-electron chi connectivity index (χ1n) is 6.15. The van der Waals surface area contributed by atoms with Gasteiger partial charge in [0.15, 0.2) is 0 Å². The predicted molar refractivity (Wildman–Crippen MR) is 69.8 cm³/mol. The van der Waals surface area contributed by atoms with Crippen LogP contribution >= 0.6 is 0 Å². The lowest BCUT2D eigenvalue weighted by Gasteiger charge is -2.10. The van der Waals surface area contributed by atoms with Crippen LogP contribution in [0.2, 0.25) is 0 Å². The molecule has 2 N–H and O–H groups in total. The van der Waals surface area contributed by atoms with Crippen molar-refractivity contribution in [2.24, 2.45) is 0 Å². The zero-order valence-electron chi connectivity index (χ0n) is 11.0. The van der Waals surface area contributed by atoms with E-state index in [-0.39, 0.29) is 11.4 Å². The van der Waals surface area contributed by atoms with Crippen molar-refractivity contribution in [2.45, 2.75) is 24.4 Å². The van der Waals surface area contributed by atoms with Crippen LogP contribution in [0, 0.1) is 0 Å². The van der Waals surface area contributed by atoms with E-state index in [2.05, 4.69) is 10.0 Å². The molecule has 20 heavy (non-hydrogen) atoms. The van der Waals surface area contributed by atoms with Crippen molar-refractivity contribution in [3.05, 3.63) is 29.8 Å². The monoisotopic (exact) mass is 310 g/mol. The summed E-state index contributed by atoms with van der Waals surface area (Å²) < 4.78 is 63.5. The summed E-state index contributed by atoms with van der Waals surface area (Å²) >= 11 is 0. The Morgan fingerprint density at radius 2 is 1.90 bits per heavy atom. The molecule has 0 atom stereocenters. The molecule has 0 amide bonds. The minimum Gasteiger partial charge on any atom is -0.317 e. The fourth-order valence-electron chi connectivity index (χ4n) is 1.52. The standard InChI is InChI=1S/C12H17F3N2O2S/c1-2-16-7-4-8-17-20(18,19)11-6-3-5-10(9-11)12(13,14)15/h3,5-6,9,16-17H,2,4,7-8H2,1H3. The molecule has 0 saturated heterocycles. The summed E-state index contributed by atoms with van der Waals surface area (Å²) in [4.78, 5) is -0.379. The number of benzene rings is 1. The van der Waals surface area contributed by atoms with Gasteiger partial charge < -0.3 is 5.32 Å². The highest BCUT2D eigenvalue weighted by Gasteiger charge is 2.31. The third-order valence-electron chi connectivity index (χ3n) is 2.54. The van der Waals surface area contributed by atoms with Gasteiger partial charge in [0, 0.05) is 6.54 Å². The van der Waals surface area contributed by atoms with Gasteiger partial charge in [-0.2, -0.15) is 13.2 Å². The summed E-state index contributed by atoms with van der Waals surface area (Å²) in [6, 6.07) is 3.69. The van der Waals surface area contributed by atoms with Crippen molar-refractivity contribution in [3.63, 3.8) is 0 Å². The minimum atomic E-state index is -4.56. The summed E-state index contributed by atoms with van der Waals surface area (Å²) in [5, 5.41) is 3.02. The SMILES string of the molecule is CCNCCCNS(=O)(=O)c1cccc(C(F)(F)F)c1. The highest BCUT2D eigenvalue weighted by atomic mass is 32.2. The van der Waals surface area contributed by atoms with Gasteiger partial charge in [0.05, 0.1) is 10.5 Å². The molecular formula is C12H17F3N2O2S. The van der Waals surface area contributed by atoms with E-state index in [1.54, 1.807) is 0 Å². The Morgan fingerprint density at radius 3 is 2.50 bits per heavy atom. The number of sulfonamides is 1. The quantitative estimate of drug-likeness (QED) is 0.757. The van der Waals surface area contributed by atoms with E-state index in [0.29, 0.717) is 19.0 Å². The lowest BCUT2D eigenvalue weighted by Crippen LogP contribution is -2.27. The van der Waals surface area contributed by atoms with E-state index in [4.69, 9.17) is 0 Å². The van der Waals surface area contributed by atoms with Crippen LogP contribution < -0.4 is 10.0 Å². The highest BCUT2D eigenvalue weighted by Crippen LogP contribution is 2.30. The molecule has 114 valence electrons. The number of hydrogen-bond acceptors (Lipinski definition) is 3. The van der Waals surface area contributed by atoms with Gasteiger partial charge in [0.1, 0.15) is 0 Å². The van der Waals surface area contributed by atoms with E-state index >= 15 is 0 Å². The van der Waals surface area contributed by atoms with Crippen LogP contribution in [-0.4, -0.2) is 28.1 Å². The first kappa shape index (κ1) is 16.9. The van der Waals surface area contributed by atoms with Crippen molar-refractivity contribution in [1.82, 2.24) is 10.0 Å². The van der Waals surface area contributed by atoms with Crippen molar-refractivity contribution >= 4 is 10.0 Å². The summed E-state index contributed by atoms with van der Waals surface area (Å²) in [6.07, 6.45) is -4.00. The van der Waals surface area contributed by atoms with Gasteiger partial charge in [-0.15, -0.1) is 0 Å². The summed E-state index contributed by atoms with van der Waals surface area (Å²) in [5.74, 6) is 0. The largest absolute Gasteiger partial charge is 0.416 e. The van der Waals surface area contributed by atoms with Crippen LogP contribution in [0.5, 0.6) is 0 Å². The Kier molecular flexibility index (Phi) is 5.97. The maximum atomic E-state index is 12.5. The zero-order chi connectivity index (χ0) is 15.2. The number of rotatable bonds is 7. The average Bonchev–Trinajstić information content (AvgIpc) is 2.37. The molecule has 1 aromatic carbocycles. The maximum Gasteiger partial charge on any atom is 0.416 e. The Bertz CT molecular complexity index is 530. The third-order valence-corrected chi connectivity index (χ3v) is 4.00. The topological polar surface area (TPSA) is 58.2 Å². The number of hydrogen-bond donors (Lipinski definition) is 2. The second kappa shape index (κ2) is 7.05. The van der Waals surface area contributed by atoms with Crippen molar-refractivity contribution in [2.75, 3.05) is 19.6 Å². The first-order chi connectivity index (χ1) is 9.27. The predicted octanol–water partition coefficient (Wildman–Crippen LogP) is 1.98. The highest BCUT2D eigenvalue weighted by molar-refractivity contribution is 7.89. The molecule has 4 nitrogen and oxygen atoms in total. The fraction of sp³-hybridized carbons (Fsp3) is 0.500. The van der Waals surface area contributed by atoms with Crippen LogP contribution in [-0.2, 0) is 16.2 Å². The van der Waals surface area contributed by atoms with Gasteiger partial charge in [-0.05, 0) is 37.7 Å². The Hall–Kier alpha value is -1.12. The number of nitrogens with one attached hydrogen (secondary N) is 2. The minimum absolute atomic E-state index is 0.172. The van der Waals surface area contributed by atoms with Gasteiger partial charge >= 0.3 is 6.18 Å². The van der Waals surface area contributed by atoms with Crippen molar-refractivity contribution in [1.29, 1.82) is 0 Å². The first-order valence-corrected chi connectivity index (χ1v) is 7.63. The van der Waals surface area contributed by atoms with Crippen LogP contribution in [0.3, 0.4) is 0 Å². The van der Waals surface area contributed by atoms with Gasteiger partial charge in [0.2, 0.25) is 10.0 Å². The number of halogens is 3. The molecule has 0 heterocycles. The molecule has 0 aliphatic rings. The Balaban J connectivity index is 2.73. The molecule has 0 unspecified atom stereocenters. The summed E-state index contributed by atoms with van der Waals surface area (Å²) in [7, 11) is -3.91. The second-order valence-corrected chi connectivity index (χ2v) is 5.90. The van der Waals surface area contributed by atoms with E-state index in [1.807, 2.05) is 6.92 Å². The molecule has 0 aliphatic heterocycles. The van der Waals surface area contributed by atoms with Crippen molar-refractivity contribution in [3.8, 4) is 0 Å². The molecule has 0 saturated carbocycles. The van der Waals surface area contributed by atoms with E-state index in [9.17, 15) is 21.6 Å². The molecule has 0 bridgehead atoms. The molecule has 1 aromatic rings. The van der Waals surface area contributed by atoms with Crippen molar-refractivity contribution < 1.29 is 21.6 Å². The Morgan fingerprint density at radius 1 is 1.20 bits per heavy atom. The average molecular weight is 310 g/mol. The molecule has 0 fully saturated rings. The third kappa shape index (κ3) is 5.10. The molecule has 0 aliphatic carbocycles. The smallest absolute Gasteiger partial charge is 0.317 e. The molecule has 0 radical (unpaired) electrons. The second-order valence-electron chi connectivity index (χ2n) is 4.13. The van der Waals surface area contributed by atoms with Crippen LogP contribution in [0.1, 0.15) is 18.9 Å². The van der Waals surface area contributed by atoms with Gasteiger partial charge in [-0.1, -0.05) is 13.0 Å². The zero-order valence-corrected chi connectivity index (χ0v) is 11.8. The number of alkyl halides is 3. The maximum absolute atomic E-state index is 12.5.